The fourth-order valence-corrected chi connectivity index (χ4v) is 3.61. The number of nitrogens with zero attached hydrogens (tertiary/aromatic N) is 2. The highest BCUT2D eigenvalue weighted by Crippen LogP contribution is 2.23. The molecule has 0 bridgehead atoms. The largest absolute Gasteiger partial charge is 0.455 e. The minimum atomic E-state index is -3.67. The monoisotopic (exact) mass is 415 g/mol. The van der Waals surface area contributed by atoms with E-state index in [4.69, 9.17) is 10.2 Å². The van der Waals surface area contributed by atoms with Crippen LogP contribution in [0.25, 0.3) is 0 Å². The first kappa shape index (κ1) is 23.2. The second-order valence-corrected chi connectivity index (χ2v) is 8.26. The Morgan fingerprint density at radius 1 is 1.15 bits per heavy atom. The van der Waals surface area contributed by atoms with Crippen molar-refractivity contribution < 1.29 is 17.6 Å². The van der Waals surface area contributed by atoms with Gasteiger partial charge < -0.3 is 15.1 Å². The molecule has 2 N–H and O–H groups in total. The Balaban J connectivity index is 0.00000364. The number of aryl methyl sites for hydroxylation is 1. The number of hydrogen-bond acceptors (Lipinski definition) is 5. The molecule has 0 radical (unpaired) electrons. The number of amides is 1. The van der Waals surface area contributed by atoms with Crippen molar-refractivity contribution in [3.05, 3.63) is 53.5 Å². The van der Waals surface area contributed by atoms with Crippen molar-refractivity contribution in [2.75, 3.05) is 33.7 Å². The molecule has 0 unspecified atom stereocenters. The molecule has 1 amide bonds. The van der Waals surface area contributed by atoms with Crippen molar-refractivity contribution in [2.45, 2.75) is 18.2 Å². The summed E-state index contributed by atoms with van der Waals surface area (Å²) in [6.07, 6.45) is 0.676. The fourth-order valence-electron chi connectivity index (χ4n) is 2.56. The number of carbonyl (C=O) groups excluding carboxylic acids is 1. The normalized spacial score (nSPS) is 11.3. The lowest BCUT2D eigenvalue weighted by molar-refractivity contribution is 0.0728. The standard InChI is InChI=1S/C18H25N3O4S.ClH/c1-14-17(26(23,24)20(2)3)13-16(25-14)18(22)21(12-10-19)11-9-15-7-5-4-6-8-15;/h4-8,13H,9-12,19H2,1-3H3;1H. The van der Waals surface area contributed by atoms with Crippen LogP contribution in [0.4, 0.5) is 0 Å². The van der Waals surface area contributed by atoms with Gasteiger partial charge in [0.25, 0.3) is 5.91 Å². The number of sulfonamides is 1. The smallest absolute Gasteiger partial charge is 0.289 e. The molecule has 0 aliphatic heterocycles. The summed E-state index contributed by atoms with van der Waals surface area (Å²) in [6.45, 7) is 2.67. The Morgan fingerprint density at radius 3 is 2.33 bits per heavy atom. The maximum Gasteiger partial charge on any atom is 0.289 e. The van der Waals surface area contributed by atoms with Gasteiger partial charge in [0.2, 0.25) is 10.0 Å². The molecular weight excluding hydrogens is 390 g/mol. The summed E-state index contributed by atoms with van der Waals surface area (Å²) >= 11 is 0. The van der Waals surface area contributed by atoms with Crippen LogP contribution in [0, 0.1) is 6.92 Å². The number of carbonyl (C=O) groups is 1. The predicted molar refractivity (Wildman–Crippen MR) is 107 cm³/mol. The van der Waals surface area contributed by atoms with Crippen LogP contribution in [0.5, 0.6) is 0 Å². The zero-order valence-electron chi connectivity index (χ0n) is 15.7. The van der Waals surface area contributed by atoms with Crippen molar-refractivity contribution in [2.24, 2.45) is 5.73 Å². The van der Waals surface area contributed by atoms with E-state index in [1.54, 1.807) is 4.90 Å². The van der Waals surface area contributed by atoms with Gasteiger partial charge in [-0.1, -0.05) is 30.3 Å². The van der Waals surface area contributed by atoms with E-state index in [2.05, 4.69) is 0 Å². The maximum atomic E-state index is 12.8. The predicted octanol–water partition coefficient (Wildman–Crippen LogP) is 1.90. The number of nitrogens with two attached hydrogens (primary N) is 1. The molecule has 1 aromatic heterocycles. The molecule has 2 rings (SSSR count). The van der Waals surface area contributed by atoms with Gasteiger partial charge in [0.1, 0.15) is 10.7 Å². The van der Waals surface area contributed by atoms with Crippen molar-refractivity contribution in [3.8, 4) is 0 Å². The third kappa shape index (κ3) is 5.55. The highest BCUT2D eigenvalue weighted by atomic mass is 35.5. The zero-order valence-corrected chi connectivity index (χ0v) is 17.3. The van der Waals surface area contributed by atoms with Crippen LogP contribution >= 0.6 is 12.4 Å². The molecule has 2 aromatic rings. The average molecular weight is 416 g/mol. The van der Waals surface area contributed by atoms with E-state index in [-0.39, 0.29) is 34.7 Å². The SMILES string of the molecule is Cc1oc(C(=O)N(CCN)CCc2ccccc2)cc1S(=O)(=O)N(C)C.Cl. The van der Waals surface area contributed by atoms with Crippen LogP contribution in [0.3, 0.4) is 0 Å². The first-order valence-corrected chi connectivity index (χ1v) is 9.77. The van der Waals surface area contributed by atoms with Gasteiger partial charge in [-0.2, -0.15) is 0 Å². The third-order valence-corrected chi connectivity index (χ3v) is 5.96. The van der Waals surface area contributed by atoms with E-state index in [0.29, 0.717) is 26.1 Å². The molecule has 1 aromatic carbocycles. The topological polar surface area (TPSA) is 96.8 Å². The van der Waals surface area contributed by atoms with E-state index >= 15 is 0 Å². The van der Waals surface area contributed by atoms with Crippen molar-refractivity contribution in [1.29, 1.82) is 0 Å². The number of benzene rings is 1. The van der Waals surface area contributed by atoms with Crippen LogP contribution in [0.1, 0.15) is 21.9 Å². The molecule has 27 heavy (non-hydrogen) atoms. The Bertz CT molecular complexity index is 851. The first-order chi connectivity index (χ1) is 12.3. The van der Waals surface area contributed by atoms with Gasteiger partial charge in [0, 0.05) is 39.8 Å². The summed E-state index contributed by atoms with van der Waals surface area (Å²) in [6, 6.07) is 11.1. The van der Waals surface area contributed by atoms with Crippen molar-refractivity contribution >= 4 is 28.3 Å². The lowest BCUT2D eigenvalue weighted by atomic mass is 10.1. The van der Waals surface area contributed by atoms with E-state index in [0.717, 1.165) is 9.87 Å². The average Bonchev–Trinajstić information content (AvgIpc) is 3.01. The molecule has 0 spiro atoms. The minimum Gasteiger partial charge on any atom is -0.455 e. The van der Waals surface area contributed by atoms with Crippen molar-refractivity contribution in [1.82, 2.24) is 9.21 Å². The molecule has 150 valence electrons. The fraction of sp³-hybridized carbons (Fsp3) is 0.389. The Hall–Kier alpha value is -1.87. The zero-order chi connectivity index (χ0) is 19.3. The maximum absolute atomic E-state index is 12.8. The molecule has 0 saturated heterocycles. The van der Waals surface area contributed by atoms with Gasteiger partial charge in [-0.05, 0) is 18.9 Å². The summed E-state index contributed by atoms with van der Waals surface area (Å²) in [5, 5.41) is 0. The van der Waals surface area contributed by atoms with Gasteiger partial charge >= 0.3 is 0 Å². The van der Waals surface area contributed by atoms with Crippen molar-refractivity contribution in [3.63, 3.8) is 0 Å². The summed E-state index contributed by atoms with van der Waals surface area (Å²) in [4.78, 5) is 14.4. The molecule has 0 atom stereocenters. The van der Waals surface area contributed by atoms with Gasteiger partial charge in [0.15, 0.2) is 5.76 Å². The van der Waals surface area contributed by atoms with Gasteiger partial charge in [-0.3, -0.25) is 4.79 Å². The molecule has 0 saturated carbocycles. The number of rotatable bonds is 8. The molecule has 9 heteroatoms. The minimum absolute atomic E-state index is 0. The summed E-state index contributed by atoms with van der Waals surface area (Å²) in [5.74, 6) is -0.170. The summed E-state index contributed by atoms with van der Waals surface area (Å²) < 4.78 is 31.2. The van der Waals surface area contributed by atoms with E-state index in [1.807, 2.05) is 30.3 Å². The van der Waals surface area contributed by atoms with Gasteiger partial charge in [0.05, 0.1) is 0 Å². The molecule has 0 aliphatic rings. The number of hydrogen-bond donors (Lipinski definition) is 1. The quantitative estimate of drug-likeness (QED) is 0.710. The molecule has 7 nitrogen and oxygen atoms in total. The van der Waals surface area contributed by atoms with Gasteiger partial charge in [-0.25, -0.2) is 12.7 Å². The van der Waals surface area contributed by atoms with Crippen LogP contribution in [-0.4, -0.2) is 57.3 Å². The second-order valence-electron chi connectivity index (χ2n) is 6.13. The number of furan rings is 1. The molecular formula is C18H26ClN3O4S. The Morgan fingerprint density at radius 2 is 1.78 bits per heavy atom. The number of halogens is 1. The van der Waals surface area contributed by atoms with Gasteiger partial charge in [-0.15, -0.1) is 12.4 Å². The first-order valence-electron chi connectivity index (χ1n) is 8.33. The van der Waals surface area contributed by atoms with Crippen LogP contribution in [-0.2, 0) is 16.4 Å². The molecule has 1 heterocycles. The van der Waals surface area contributed by atoms with Crippen LogP contribution in [0.15, 0.2) is 45.7 Å². The van der Waals surface area contributed by atoms with E-state index in [1.165, 1.54) is 27.1 Å². The van der Waals surface area contributed by atoms with E-state index in [9.17, 15) is 13.2 Å². The van der Waals surface area contributed by atoms with Crippen LogP contribution < -0.4 is 5.73 Å². The van der Waals surface area contributed by atoms with Crippen LogP contribution in [0.2, 0.25) is 0 Å². The summed E-state index contributed by atoms with van der Waals surface area (Å²) in [7, 11) is -0.801. The molecule has 0 fully saturated rings. The third-order valence-electron chi connectivity index (χ3n) is 4.04. The lowest BCUT2D eigenvalue weighted by Gasteiger charge is -2.20. The lowest BCUT2D eigenvalue weighted by Crippen LogP contribution is -2.36. The second kappa shape index (κ2) is 9.89. The van der Waals surface area contributed by atoms with E-state index < -0.39 is 10.0 Å². The summed E-state index contributed by atoms with van der Waals surface area (Å²) in [5.41, 5.74) is 6.74. The Labute approximate surface area is 166 Å². The highest BCUT2D eigenvalue weighted by molar-refractivity contribution is 7.89. The highest BCUT2D eigenvalue weighted by Gasteiger charge is 2.27. The Kier molecular flexibility index (Phi) is 8.49. The molecule has 0 aliphatic carbocycles.